The fraction of sp³-hybridized carbons (Fsp3) is 0.929. The zero-order valence-electron chi connectivity index (χ0n) is 10.7. The summed E-state index contributed by atoms with van der Waals surface area (Å²) in [5, 5.41) is 3.12. The molecule has 4 aliphatic rings. The van der Waals surface area contributed by atoms with Crippen LogP contribution in [0.1, 0.15) is 45.4 Å². The van der Waals surface area contributed by atoms with Gasteiger partial charge in [0.2, 0.25) is 5.91 Å². The maximum atomic E-state index is 12.5. The molecular formula is C14H24N2O. The zero-order chi connectivity index (χ0) is 12.0. The second kappa shape index (κ2) is 3.98. The lowest BCUT2D eigenvalue weighted by Crippen LogP contribution is -2.55. The minimum Gasteiger partial charge on any atom is -0.352 e. The van der Waals surface area contributed by atoms with E-state index >= 15 is 0 Å². The van der Waals surface area contributed by atoms with Crippen LogP contribution < -0.4 is 11.1 Å². The number of hydrogen-bond donors (Lipinski definition) is 2. The van der Waals surface area contributed by atoms with E-state index < -0.39 is 0 Å². The average molecular weight is 236 g/mol. The van der Waals surface area contributed by atoms with Crippen molar-refractivity contribution >= 4 is 5.91 Å². The van der Waals surface area contributed by atoms with Crippen LogP contribution in [0.3, 0.4) is 0 Å². The summed E-state index contributed by atoms with van der Waals surface area (Å²) in [7, 11) is 0. The van der Waals surface area contributed by atoms with Crippen molar-refractivity contribution in [2.24, 2.45) is 28.9 Å². The molecule has 4 bridgehead atoms. The van der Waals surface area contributed by atoms with Crippen molar-refractivity contribution in [2.75, 3.05) is 6.54 Å². The van der Waals surface area contributed by atoms with Crippen molar-refractivity contribution in [3.05, 3.63) is 0 Å². The molecule has 3 N–H and O–H groups in total. The molecular weight excluding hydrogens is 212 g/mol. The van der Waals surface area contributed by atoms with Crippen LogP contribution in [-0.2, 0) is 4.79 Å². The van der Waals surface area contributed by atoms with Crippen LogP contribution >= 0.6 is 0 Å². The second-order valence-corrected chi connectivity index (χ2v) is 6.81. The van der Waals surface area contributed by atoms with Gasteiger partial charge in [-0.2, -0.15) is 0 Å². The van der Waals surface area contributed by atoms with E-state index in [0.29, 0.717) is 12.5 Å². The molecule has 0 aliphatic heterocycles. The maximum Gasteiger partial charge on any atom is 0.226 e. The van der Waals surface area contributed by atoms with Crippen LogP contribution in [0.2, 0.25) is 0 Å². The molecule has 0 aromatic rings. The van der Waals surface area contributed by atoms with E-state index in [9.17, 15) is 4.79 Å². The Morgan fingerprint density at radius 3 is 2.12 bits per heavy atom. The van der Waals surface area contributed by atoms with Gasteiger partial charge in [-0.1, -0.05) is 0 Å². The second-order valence-electron chi connectivity index (χ2n) is 6.81. The fourth-order valence-corrected chi connectivity index (χ4v) is 4.82. The summed E-state index contributed by atoms with van der Waals surface area (Å²) in [5.74, 6) is 2.80. The average Bonchev–Trinajstić information content (AvgIpc) is 2.26. The summed E-state index contributed by atoms with van der Waals surface area (Å²) in [6.45, 7) is 2.54. The van der Waals surface area contributed by atoms with Gasteiger partial charge in [-0.15, -0.1) is 0 Å². The lowest BCUT2D eigenvalue weighted by atomic mass is 9.49. The predicted octanol–water partition coefficient (Wildman–Crippen LogP) is 1.67. The van der Waals surface area contributed by atoms with Gasteiger partial charge < -0.3 is 11.1 Å². The van der Waals surface area contributed by atoms with Crippen molar-refractivity contribution in [3.63, 3.8) is 0 Å². The lowest BCUT2D eigenvalue weighted by molar-refractivity contribution is -0.146. The van der Waals surface area contributed by atoms with E-state index in [2.05, 4.69) is 5.32 Å². The van der Waals surface area contributed by atoms with Crippen molar-refractivity contribution < 1.29 is 4.79 Å². The van der Waals surface area contributed by atoms with Crippen LogP contribution in [0.5, 0.6) is 0 Å². The van der Waals surface area contributed by atoms with E-state index in [1.807, 2.05) is 6.92 Å². The predicted molar refractivity (Wildman–Crippen MR) is 67.3 cm³/mol. The van der Waals surface area contributed by atoms with E-state index in [0.717, 1.165) is 37.0 Å². The Bertz CT molecular complexity index is 291. The number of hydrogen-bond acceptors (Lipinski definition) is 2. The molecule has 1 amide bonds. The van der Waals surface area contributed by atoms with Gasteiger partial charge >= 0.3 is 0 Å². The highest BCUT2D eigenvalue weighted by atomic mass is 16.2. The molecule has 96 valence electrons. The maximum absolute atomic E-state index is 12.5. The molecule has 4 fully saturated rings. The van der Waals surface area contributed by atoms with Gasteiger partial charge in [-0.3, -0.25) is 4.79 Å². The van der Waals surface area contributed by atoms with Crippen LogP contribution in [0.25, 0.3) is 0 Å². The van der Waals surface area contributed by atoms with Gasteiger partial charge in [0.05, 0.1) is 0 Å². The topological polar surface area (TPSA) is 55.1 Å². The van der Waals surface area contributed by atoms with Crippen LogP contribution in [0.4, 0.5) is 0 Å². The molecule has 0 heterocycles. The first-order chi connectivity index (χ1) is 8.11. The van der Waals surface area contributed by atoms with Gasteiger partial charge in [0, 0.05) is 18.0 Å². The van der Waals surface area contributed by atoms with E-state index in [-0.39, 0.29) is 11.5 Å². The SMILES string of the molecule is CC(CN)NC(=O)C12CC3CC(CC(C3)C1)C2. The smallest absolute Gasteiger partial charge is 0.226 e. The first kappa shape index (κ1) is 11.5. The van der Waals surface area contributed by atoms with Crippen molar-refractivity contribution in [3.8, 4) is 0 Å². The Hall–Kier alpha value is -0.570. The third kappa shape index (κ3) is 1.88. The van der Waals surface area contributed by atoms with Crippen LogP contribution in [-0.4, -0.2) is 18.5 Å². The molecule has 0 spiro atoms. The Kier molecular flexibility index (Phi) is 2.69. The van der Waals surface area contributed by atoms with Gasteiger partial charge in [0.25, 0.3) is 0 Å². The molecule has 4 aliphatic carbocycles. The van der Waals surface area contributed by atoms with Crippen molar-refractivity contribution in [2.45, 2.75) is 51.5 Å². The summed E-state index contributed by atoms with van der Waals surface area (Å²) < 4.78 is 0. The standard InChI is InChI=1S/C14H24N2O/c1-9(8-15)16-13(17)14-5-10-2-11(6-14)4-12(3-10)7-14/h9-12H,2-8,15H2,1H3,(H,16,17). The lowest BCUT2D eigenvalue weighted by Gasteiger charge is -2.55. The highest BCUT2D eigenvalue weighted by molar-refractivity contribution is 5.83. The van der Waals surface area contributed by atoms with E-state index in [1.165, 1.54) is 19.3 Å². The van der Waals surface area contributed by atoms with Crippen molar-refractivity contribution in [1.82, 2.24) is 5.32 Å². The molecule has 4 saturated carbocycles. The first-order valence-electron chi connectivity index (χ1n) is 7.12. The van der Waals surface area contributed by atoms with Crippen LogP contribution in [0.15, 0.2) is 0 Å². The van der Waals surface area contributed by atoms with E-state index in [4.69, 9.17) is 5.73 Å². The van der Waals surface area contributed by atoms with Gasteiger partial charge in [-0.05, 0) is 63.2 Å². The molecule has 0 radical (unpaired) electrons. The highest BCUT2D eigenvalue weighted by Gasteiger charge is 2.54. The first-order valence-corrected chi connectivity index (χ1v) is 7.12. The van der Waals surface area contributed by atoms with Crippen LogP contribution in [0, 0.1) is 23.2 Å². The molecule has 1 unspecified atom stereocenters. The Morgan fingerprint density at radius 1 is 1.24 bits per heavy atom. The number of carbonyl (C=O) groups excluding carboxylic acids is 1. The number of amides is 1. The highest BCUT2D eigenvalue weighted by Crippen LogP contribution is 2.60. The molecule has 0 aromatic heterocycles. The number of nitrogens with two attached hydrogens (primary N) is 1. The third-order valence-electron chi connectivity index (χ3n) is 5.25. The summed E-state index contributed by atoms with van der Waals surface area (Å²) in [5.41, 5.74) is 5.58. The van der Waals surface area contributed by atoms with Gasteiger partial charge in [0.1, 0.15) is 0 Å². The Morgan fingerprint density at radius 2 is 1.71 bits per heavy atom. The molecule has 1 atom stereocenters. The van der Waals surface area contributed by atoms with Crippen molar-refractivity contribution in [1.29, 1.82) is 0 Å². The number of nitrogens with one attached hydrogen (secondary N) is 1. The van der Waals surface area contributed by atoms with E-state index in [1.54, 1.807) is 0 Å². The minimum atomic E-state index is -0.0157. The third-order valence-corrected chi connectivity index (χ3v) is 5.25. The largest absolute Gasteiger partial charge is 0.352 e. The summed E-state index contributed by atoms with van der Waals surface area (Å²) in [6, 6.07) is 0.121. The summed E-state index contributed by atoms with van der Waals surface area (Å²) >= 11 is 0. The number of rotatable bonds is 3. The molecule has 4 rings (SSSR count). The minimum absolute atomic E-state index is 0.0157. The molecule has 0 aromatic carbocycles. The number of carbonyl (C=O) groups is 1. The monoisotopic (exact) mass is 236 g/mol. The normalized spacial score (nSPS) is 44.7. The quantitative estimate of drug-likeness (QED) is 0.783. The molecule has 3 heteroatoms. The van der Waals surface area contributed by atoms with Gasteiger partial charge in [-0.25, -0.2) is 0 Å². The summed E-state index contributed by atoms with van der Waals surface area (Å²) in [6.07, 6.45) is 7.59. The Labute approximate surface area is 104 Å². The summed E-state index contributed by atoms with van der Waals surface area (Å²) in [4.78, 5) is 12.5. The Balaban J connectivity index is 1.75. The molecule has 17 heavy (non-hydrogen) atoms. The fourth-order valence-electron chi connectivity index (χ4n) is 4.82. The zero-order valence-corrected chi connectivity index (χ0v) is 10.7. The molecule has 0 saturated heterocycles. The van der Waals surface area contributed by atoms with Gasteiger partial charge in [0.15, 0.2) is 0 Å². The molecule has 3 nitrogen and oxygen atoms in total.